The highest BCUT2D eigenvalue weighted by atomic mass is 35.5. The number of nitrogens with one attached hydrogen (secondary N) is 1. The van der Waals surface area contributed by atoms with Crippen LogP contribution < -0.4 is 5.32 Å². The molecule has 0 saturated heterocycles. The van der Waals surface area contributed by atoms with Crippen molar-refractivity contribution >= 4 is 29.0 Å². The van der Waals surface area contributed by atoms with Crippen LogP contribution in [0.15, 0.2) is 36.4 Å². The summed E-state index contributed by atoms with van der Waals surface area (Å²) in [6, 6.07) is 7.25. The number of hydrogen-bond donors (Lipinski definition) is 3. The number of alkyl halides is 7. The Labute approximate surface area is 209 Å². The lowest BCUT2D eigenvalue weighted by Crippen LogP contribution is -2.53. The Kier molecular flexibility index (Phi) is 6.41. The molecule has 0 radical (unpaired) electrons. The van der Waals surface area contributed by atoms with Gasteiger partial charge in [0.1, 0.15) is 23.5 Å². The Morgan fingerprint density at radius 2 is 1.81 bits per heavy atom. The van der Waals surface area contributed by atoms with Crippen LogP contribution in [-0.4, -0.2) is 38.6 Å². The zero-order chi connectivity index (χ0) is 26.6. The van der Waals surface area contributed by atoms with Gasteiger partial charge >= 0.3 is 12.4 Å². The molecule has 0 spiro atoms. The highest BCUT2D eigenvalue weighted by molar-refractivity contribution is 6.32. The number of aliphatic hydroxyl groups excluding tert-OH is 2. The van der Waals surface area contributed by atoms with E-state index in [0.717, 1.165) is 22.9 Å². The van der Waals surface area contributed by atoms with E-state index in [0.29, 0.717) is 12.1 Å². The van der Waals surface area contributed by atoms with E-state index in [9.17, 15) is 41.8 Å². The Balaban J connectivity index is 2.14. The molecule has 0 fully saturated rings. The summed E-state index contributed by atoms with van der Waals surface area (Å²) in [7, 11) is 0. The van der Waals surface area contributed by atoms with E-state index in [2.05, 4.69) is 10.4 Å². The predicted molar refractivity (Wildman–Crippen MR) is 118 cm³/mol. The topological polar surface area (TPSA) is 94.1 Å². The third-order valence-electron chi connectivity index (χ3n) is 5.87. The highest BCUT2D eigenvalue weighted by Crippen LogP contribution is 2.50. The molecule has 1 aliphatic heterocycles. The van der Waals surface area contributed by atoms with E-state index in [1.165, 1.54) is 6.07 Å². The summed E-state index contributed by atoms with van der Waals surface area (Å²) >= 11 is 12.4. The molecule has 3 aromatic rings. The second-order valence-electron chi connectivity index (χ2n) is 7.92. The number of aliphatic hydroxyl groups is 2. The van der Waals surface area contributed by atoms with Crippen LogP contribution in [0.1, 0.15) is 22.4 Å². The number of aromatic nitrogens is 2. The number of benzene rings is 2. The van der Waals surface area contributed by atoms with Gasteiger partial charge in [-0.1, -0.05) is 29.8 Å². The van der Waals surface area contributed by atoms with Crippen molar-refractivity contribution in [2.75, 3.05) is 17.8 Å². The molecule has 0 amide bonds. The van der Waals surface area contributed by atoms with Gasteiger partial charge in [-0.2, -0.15) is 36.7 Å². The number of anilines is 1. The monoisotopic (exact) mass is 550 g/mol. The van der Waals surface area contributed by atoms with E-state index in [1.54, 1.807) is 6.07 Å². The Bertz CT molecular complexity index is 1380. The fourth-order valence-corrected chi connectivity index (χ4v) is 4.88. The van der Waals surface area contributed by atoms with Crippen molar-refractivity contribution in [1.29, 1.82) is 5.26 Å². The van der Waals surface area contributed by atoms with Gasteiger partial charge in [0.2, 0.25) is 0 Å². The lowest BCUT2D eigenvalue weighted by atomic mass is 9.82. The molecule has 1 aliphatic rings. The summed E-state index contributed by atoms with van der Waals surface area (Å²) in [6.07, 6.45) is -11.5. The lowest BCUT2D eigenvalue weighted by Gasteiger charge is -2.43. The number of nitriles is 1. The fourth-order valence-electron chi connectivity index (χ4n) is 4.19. The lowest BCUT2D eigenvalue weighted by molar-refractivity contribution is -0.138. The fraction of sp³-hybridized carbons (Fsp3) is 0.273. The molecule has 36 heavy (non-hydrogen) atoms. The van der Waals surface area contributed by atoms with Crippen molar-refractivity contribution in [3.05, 3.63) is 63.8 Å². The Morgan fingerprint density at radius 1 is 1.14 bits per heavy atom. The van der Waals surface area contributed by atoms with Gasteiger partial charge in [-0.25, -0.2) is 4.68 Å². The van der Waals surface area contributed by atoms with Crippen LogP contribution in [0.5, 0.6) is 0 Å². The largest absolute Gasteiger partial charge is 0.417 e. The van der Waals surface area contributed by atoms with Gasteiger partial charge in [-0.3, -0.25) is 0 Å². The second kappa shape index (κ2) is 8.85. The van der Waals surface area contributed by atoms with Crippen molar-refractivity contribution in [2.45, 2.75) is 24.0 Å². The summed E-state index contributed by atoms with van der Waals surface area (Å²) in [5.41, 5.74) is -6.24. The minimum absolute atomic E-state index is 0.251. The SMILES string of the molecule is N#Cc1nn2c(c1-c1ccccc1C(F)(F)F)NC(CCl)(C(O)CO)c1cc(C(F)(F)F)cc(Cl)c1-2. The predicted octanol–water partition coefficient (Wildman–Crippen LogP) is 5.31. The molecule has 1 aromatic heterocycles. The molecule has 4 rings (SSSR count). The number of rotatable bonds is 4. The number of fused-ring (bicyclic) bond motifs is 3. The van der Waals surface area contributed by atoms with Gasteiger partial charge in [0.15, 0.2) is 5.69 Å². The van der Waals surface area contributed by atoms with E-state index in [4.69, 9.17) is 23.2 Å². The first-order chi connectivity index (χ1) is 16.8. The summed E-state index contributed by atoms with van der Waals surface area (Å²) in [6.45, 7) is -0.985. The molecule has 0 bridgehead atoms. The number of nitrogens with zero attached hydrogens (tertiary/aromatic N) is 3. The number of hydrogen-bond acceptors (Lipinski definition) is 5. The van der Waals surface area contributed by atoms with Gasteiger partial charge in [0.25, 0.3) is 0 Å². The molecule has 190 valence electrons. The summed E-state index contributed by atoms with van der Waals surface area (Å²) in [5.74, 6) is -0.933. The molecule has 2 atom stereocenters. The first kappa shape index (κ1) is 26.1. The van der Waals surface area contributed by atoms with Crippen molar-refractivity contribution in [1.82, 2.24) is 9.78 Å². The van der Waals surface area contributed by atoms with E-state index >= 15 is 0 Å². The molecule has 0 aliphatic carbocycles. The average molecular weight is 551 g/mol. The van der Waals surface area contributed by atoms with Gasteiger partial charge in [0.05, 0.1) is 39.9 Å². The van der Waals surface area contributed by atoms with Crippen LogP contribution in [-0.2, 0) is 17.9 Å². The average Bonchev–Trinajstić information content (AvgIpc) is 3.19. The molecule has 2 unspecified atom stereocenters. The smallest absolute Gasteiger partial charge is 0.394 e. The third kappa shape index (κ3) is 3.96. The highest BCUT2D eigenvalue weighted by Gasteiger charge is 2.49. The quantitative estimate of drug-likeness (QED) is 0.302. The normalized spacial score (nSPS) is 18.1. The Morgan fingerprint density at radius 3 is 2.36 bits per heavy atom. The van der Waals surface area contributed by atoms with Crippen LogP contribution in [0.3, 0.4) is 0 Å². The van der Waals surface area contributed by atoms with Crippen LogP contribution in [0.4, 0.5) is 32.2 Å². The minimum Gasteiger partial charge on any atom is -0.394 e. The first-order valence-electron chi connectivity index (χ1n) is 10.0. The van der Waals surface area contributed by atoms with Crippen LogP contribution in [0, 0.1) is 11.3 Å². The molecular formula is C22H14Cl2F6N4O2. The van der Waals surface area contributed by atoms with E-state index in [-0.39, 0.29) is 22.6 Å². The van der Waals surface area contributed by atoms with Crippen molar-refractivity contribution in [3.63, 3.8) is 0 Å². The summed E-state index contributed by atoms with van der Waals surface area (Å²) < 4.78 is 83.1. The summed E-state index contributed by atoms with van der Waals surface area (Å²) in [4.78, 5) is 0. The van der Waals surface area contributed by atoms with Crippen molar-refractivity contribution in [2.24, 2.45) is 0 Å². The maximum atomic E-state index is 13.8. The maximum absolute atomic E-state index is 13.8. The van der Waals surface area contributed by atoms with Crippen molar-refractivity contribution in [3.8, 4) is 22.9 Å². The molecule has 0 saturated carbocycles. The minimum atomic E-state index is -4.86. The van der Waals surface area contributed by atoms with E-state index < -0.39 is 63.9 Å². The molecular weight excluding hydrogens is 537 g/mol. The molecule has 6 nitrogen and oxygen atoms in total. The second-order valence-corrected chi connectivity index (χ2v) is 8.59. The van der Waals surface area contributed by atoms with Crippen molar-refractivity contribution < 1.29 is 36.6 Å². The zero-order valence-corrected chi connectivity index (χ0v) is 19.2. The standard InChI is InChI=1S/C22H14Cl2F6N4O2/c23-9-20(16(36)8-35)13-5-10(21(25,26)27)6-14(24)18(13)34-19(32-20)17(15(7-31)33-34)11-3-1-2-4-12(11)22(28,29)30/h1-6,16,32,35-36H,8-9H2. The van der Waals surface area contributed by atoms with Crippen LogP contribution >= 0.6 is 23.2 Å². The third-order valence-corrected chi connectivity index (χ3v) is 6.58. The molecule has 3 N–H and O–H groups in total. The molecule has 2 heterocycles. The van der Waals surface area contributed by atoms with Crippen LogP contribution in [0.2, 0.25) is 5.02 Å². The van der Waals surface area contributed by atoms with Gasteiger partial charge in [-0.15, -0.1) is 11.6 Å². The van der Waals surface area contributed by atoms with Crippen LogP contribution in [0.25, 0.3) is 16.8 Å². The molecule has 14 heteroatoms. The summed E-state index contributed by atoms with van der Waals surface area (Å²) in [5, 5.41) is 36.3. The Hall–Kier alpha value is -2.98. The molecule has 2 aromatic carbocycles. The van der Waals surface area contributed by atoms with Gasteiger partial charge in [0, 0.05) is 11.1 Å². The van der Waals surface area contributed by atoms with Gasteiger partial charge < -0.3 is 15.5 Å². The van der Waals surface area contributed by atoms with Gasteiger partial charge in [-0.05, 0) is 18.2 Å². The van der Waals surface area contributed by atoms with E-state index in [1.807, 2.05) is 0 Å². The zero-order valence-electron chi connectivity index (χ0n) is 17.7. The first-order valence-corrected chi connectivity index (χ1v) is 11.0. The number of halogens is 8. The maximum Gasteiger partial charge on any atom is 0.417 e.